The van der Waals surface area contributed by atoms with Crippen molar-refractivity contribution in [1.29, 1.82) is 0 Å². The van der Waals surface area contributed by atoms with Gasteiger partial charge in [-0.1, -0.05) is 18.2 Å². The van der Waals surface area contributed by atoms with Crippen molar-refractivity contribution in [3.63, 3.8) is 0 Å². The van der Waals surface area contributed by atoms with E-state index in [1.165, 1.54) is 10.4 Å². The molecule has 1 aromatic carbocycles. The summed E-state index contributed by atoms with van der Waals surface area (Å²) in [6.45, 7) is 2.22. The fraction of sp³-hybridized carbons (Fsp3) is 0.375. The third-order valence-corrected chi connectivity index (χ3v) is 4.99. The van der Waals surface area contributed by atoms with Crippen LogP contribution in [0.4, 0.5) is 4.39 Å². The van der Waals surface area contributed by atoms with Gasteiger partial charge in [0.1, 0.15) is 5.82 Å². The van der Waals surface area contributed by atoms with Gasteiger partial charge >= 0.3 is 0 Å². The third-order valence-electron chi connectivity index (χ3n) is 3.94. The maximum Gasteiger partial charge on any atom is 0.123 e. The van der Waals surface area contributed by atoms with Gasteiger partial charge in [-0.15, -0.1) is 11.3 Å². The zero-order chi connectivity index (χ0) is 13.2. The average molecular weight is 275 g/mol. The standard InChI is InChI=1S/C16H18FNS/c1-11(16-3-2-8-19-16)18-15-9-13(10-15)12-4-6-14(17)7-5-12/h2-8,11,13,15,18H,9-10H2,1H3. The van der Waals surface area contributed by atoms with Crippen molar-refractivity contribution in [1.82, 2.24) is 5.32 Å². The average Bonchev–Trinajstić information content (AvgIpc) is 2.88. The van der Waals surface area contributed by atoms with Crippen LogP contribution in [0.25, 0.3) is 0 Å². The number of benzene rings is 1. The number of thiophene rings is 1. The summed E-state index contributed by atoms with van der Waals surface area (Å²) in [4.78, 5) is 1.39. The maximum absolute atomic E-state index is 12.9. The van der Waals surface area contributed by atoms with E-state index in [1.807, 2.05) is 12.1 Å². The summed E-state index contributed by atoms with van der Waals surface area (Å²) >= 11 is 1.80. The lowest BCUT2D eigenvalue weighted by molar-refractivity contribution is 0.272. The third kappa shape index (κ3) is 2.88. The van der Waals surface area contributed by atoms with E-state index < -0.39 is 0 Å². The molecule has 0 aliphatic heterocycles. The van der Waals surface area contributed by atoms with Crippen LogP contribution in [0, 0.1) is 5.82 Å². The Morgan fingerprint density at radius 3 is 2.58 bits per heavy atom. The Balaban J connectivity index is 1.51. The molecule has 1 fully saturated rings. The molecule has 1 nitrogen and oxygen atoms in total. The second kappa shape index (κ2) is 5.43. The number of hydrogen-bond donors (Lipinski definition) is 1. The lowest BCUT2D eigenvalue weighted by Gasteiger charge is -2.38. The topological polar surface area (TPSA) is 12.0 Å². The number of nitrogens with one attached hydrogen (secondary N) is 1. The minimum absolute atomic E-state index is 0.149. The van der Waals surface area contributed by atoms with Gasteiger partial charge in [0.15, 0.2) is 0 Å². The summed E-state index contributed by atoms with van der Waals surface area (Å²) in [7, 11) is 0. The molecule has 0 amide bonds. The largest absolute Gasteiger partial charge is 0.307 e. The quantitative estimate of drug-likeness (QED) is 0.867. The Hall–Kier alpha value is -1.19. The van der Waals surface area contributed by atoms with E-state index in [0.717, 1.165) is 12.8 Å². The van der Waals surface area contributed by atoms with Gasteiger partial charge in [-0.05, 0) is 54.8 Å². The van der Waals surface area contributed by atoms with Crippen molar-refractivity contribution in [2.45, 2.75) is 37.8 Å². The fourth-order valence-electron chi connectivity index (χ4n) is 2.73. The molecule has 100 valence electrons. The number of rotatable bonds is 4. The van der Waals surface area contributed by atoms with Crippen LogP contribution in [-0.4, -0.2) is 6.04 Å². The molecule has 1 heterocycles. The molecule has 1 aromatic heterocycles. The van der Waals surface area contributed by atoms with E-state index in [4.69, 9.17) is 0 Å². The van der Waals surface area contributed by atoms with Gasteiger partial charge in [-0.25, -0.2) is 4.39 Å². The molecule has 2 aromatic rings. The van der Waals surface area contributed by atoms with E-state index in [-0.39, 0.29) is 5.82 Å². The summed E-state index contributed by atoms with van der Waals surface area (Å²) in [5, 5.41) is 5.79. The molecule has 19 heavy (non-hydrogen) atoms. The van der Waals surface area contributed by atoms with Gasteiger partial charge in [0, 0.05) is 17.0 Å². The first-order valence-corrected chi connectivity index (χ1v) is 7.65. The first kappa shape index (κ1) is 12.8. The van der Waals surface area contributed by atoms with Gasteiger partial charge in [0.05, 0.1) is 0 Å². The molecule has 1 N–H and O–H groups in total. The van der Waals surface area contributed by atoms with E-state index in [1.54, 1.807) is 23.5 Å². The minimum Gasteiger partial charge on any atom is -0.307 e. The Bertz CT molecular complexity index is 514. The van der Waals surface area contributed by atoms with Gasteiger partial charge in [0.25, 0.3) is 0 Å². The molecule has 1 atom stereocenters. The summed E-state index contributed by atoms with van der Waals surface area (Å²) in [5.41, 5.74) is 1.27. The maximum atomic E-state index is 12.9. The Morgan fingerprint density at radius 2 is 1.95 bits per heavy atom. The summed E-state index contributed by atoms with van der Waals surface area (Å²) in [6, 6.07) is 12.2. The predicted octanol–water partition coefficient (Wildman–Crippen LogP) is 4.48. The highest BCUT2D eigenvalue weighted by Gasteiger charge is 2.31. The van der Waals surface area contributed by atoms with Crippen molar-refractivity contribution >= 4 is 11.3 Å². The van der Waals surface area contributed by atoms with Crippen molar-refractivity contribution in [2.24, 2.45) is 0 Å². The van der Waals surface area contributed by atoms with Crippen LogP contribution < -0.4 is 5.32 Å². The van der Waals surface area contributed by atoms with E-state index in [9.17, 15) is 4.39 Å². The molecule has 3 heteroatoms. The number of halogens is 1. The highest BCUT2D eigenvalue weighted by molar-refractivity contribution is 7.10. The highest BCUT2D eigenvalue weighted by Crippen LogP contribution is 2.38. The predicted molar refractivity (Wildman–Crippen MR) is 78.0 cm³/mol. The molecule has 1 aliphatic rings. The first-order chi connectivity index (χ1) is 9.22. The van der Waals surface area contributed by atoms with Gasteiger partial charge in [-0.3, -0.25) is 0 Å². The molecule has 1 aliphatic carbocycles. The van der Waals surface area contributed by atoms with Crippen LogP contribution in [0.15, 0.2) is 41.8 Å². The summed E-state index contributed by atoms with van der Waals surface area (Å²) in [5.74, 6) is 0.442. The lowest BCUT2D eigenvalue weighted by Crippen LogP contribution is -2.41. The van der Waals surface area contributed by atoms with Crippen LogP contribution in [0.3, 0.4) is 0 Å². The normalized spacial score (nSPS) is 23.9. The van der Waals surface area contributed by atoms with Crippen LogP contribution in [0.2, 0.25) is 0 Å². The Morgan fingerprint density at radius 1 is 1.21 bits per heavy atom. The Kier molecular flexibility index (Phi) is 3.67. The molecule has 1 unspecified atom stereocenters. The van der Waals surface area contributed by atoms with Gasteiger partial charge < -0.3 is 5.32 Å². The molecule has 0 radical (unpaired) electrons. The first-order valence-electron chi connectivity index (χ1n) is 6.77. The van der Waals surface area contributed by atoms with E-state index in [0.29, 0.717) is 18.0 Å². The molecule has 0 spiro atoms. The number of hydrogen-bond acceptors (Lipinski definition) is 2. The van der Waals surface area contributed by atoms with Crippen LogP contribution in [0.5, 0.6) is 0 Å². The van der Waals surface area contributed by atoms with Crippen molar-refractivity contribution in [2.75, 3.05) is 0 Å². The van der Waals surface area contributed by atoms with Gasteiger partial charge in [-0.2, -0.15) is 0 Å². The summed E-state index contributed by atoms with van der Waals surface area (Å²) in [6.07, 6.45) is 2.31. The molecule has 0 saturated heterocycles. The highest BCUT2D eigenvalue weighted by atomic mass is 32.1. The molecule has 0 bridgehead atoms. The fourth-order valence-corrected chi connectivity index (χ4v) is 3.48. The van der Waals surface area contributed by atoms with Crippen LogP contribution >= 0.6 is 11.3 Å². The monoisotopic (exact) mass is 275 g/mol. The lowest BCUT2D eigenvalue weighted by atomic mass is 9.75. The zero-order valence-electron chi connectivity index (χ0n) is 11.0. The molecular formula is C16H18FNS. The summed E-state index contributed by atoms with van der Waals surface area (Å²) < 4.78 is 12.9. The second-order valence-electron chi connectivity index (χ2n) is 5.32. The van der Waals surface area contributed by atoms with E-state index >= 15 is 0 Å². The van der Waals surface area contributed by atoms with E-state index in [2.05, 4.69) is 29.8 Å². The van der Waals surface area contributed by atoms with Crippen molar-refractivity contribution < 1.29 is 4.39 Å². The zero-order valence-corrected chi connectivity index (χ0v) is 11.8. The van der Waals surface area contributed by atoms with Crippen molar-refractivity contribution in [3.05, 3.63) is 58.0 Å². The Labute approximate surface area is 117 Å². The minimum atomic E-state index is -0.149. The SMILES string of the molecule is CC(NC1CC(c2ccc(F)cc2)C1)c1cccs1. The van der Waals surface area contributed by atoms with Crippen LogP contribution in [0.1, 0.15) is 42.2 Å². The molecule has 1 saturated carbocycles. The molecular weight excluding hydrogens is 257 g/mol. The smallest absolute Gasteiger partial charge is 0.123 e. The molecule has 3 rings (SSSR count). The van der Waals surface area contributed by atoms with Crippen LogP contribution in [-0.2, 0) is 0 Å². The van der Waals surface area contributed by atoms with Crippen molar-refractivity contribution in [3.8, 4) is 0 Å². The van der Waals surface area contributed by atoms with Gasteiger partial charge in [0.2, 0.25) is 0 Å². The second-order valence-corrected chi connectivity index (χ2v) is 6.30.